The third kappa shape index (κ3) is 4.09. The van der Waals surface area contributed by atoms with E-state index in [9.17, 15) is 14.4 Å². The molecule has 2 rings (SSSR count). The van der Waals surface area contributed by atoms with E-state index in [1.807, 2.05) is 24.3 Å². The smallest absolute Gasteiger partial charge is 0.308 e. The predicted molar refractivity (Wildman–Crippen MR) is 86.2 cm³/mol. The van der Waals surface area contributed by atoms with Crippen LogP contribution in [0, 0.1) is 5.92 Å². The lowest BCUT2D eigenvalue weighted by Crippen LogP contribution is -2.39. The quantitative estimate of drug-likeness (QED) is 0.863. The van der Waals surface area contributed by atoms with Crippen LogP contribution in [0.2, 0.25) is 0 Å². The maximum absolute atomic E-state index is 12.2. The van der Waals surface area contributed by atoms with Crippen molar-refractivity contribution in [3.05, 3.63) is 29.8 Å². The van der Waals surface area contributed by atoms with Crippen LogP contribution in [-0.4, -0.2) is 47.9 Å². The summed E-state index contributed by atoms with van der Waals surface area (Å²) < 4.78 is 0. The molecule has 124 valence electrons. The Morgan fingerprint density at radius 1 is 1.30 bits per heavy atom. The normalized spacial score (nSPS) is 15.0. The summed E-state index contributed by atoms with van der Waals surface area (Å²) in [5.74, 6) is -1.67. The van der Waals surface area contributed by atoms with Crippen molar-refractivity contribution in [1.29, 1.82) is 0 Å². The first-order chi connectivity index (χ1) is 10.9. The molecule has 1 unspecified atom stereocenters. The lowest BCUT2D eigenvalue weighted by molar-refractivity contribution is -0.142. The average molecular weight is 318 g/mol. The lowest BCUT2D eigenvalue weighted by Gasteiger charge is -2.30. The molecular weight excluding hydrogens is 296 g/mol. The van der Waals surface area contributed by atoms with E-state index in [1.54, 1.807) is 18.9 Å². The SMILES string of the molecule is CC(CN(C)C(=O)CCN1C(=O)CCc2ccccc21)C(=O)O. The van der Waals surface area contributed by atoms with E-state index >= 15 is 0 Å². The Balaban J connectivity index is 1.96. The van der Waals surface area contributed by atoms with Crippen molar-refractivity contribution in [3.8, 4) is 0 Å². The molecule has 0 radical (unpaired) electrons. The number of para-hydroxylation sites is 1. The summed E-state index contributed by atoms with van der Waals surface area (Å²) in [7, 11) is 1.59. The van der Waals surface area contributed by atoms with Gasteiger partial charge in [0.15, 0.2) is 0 Å². The van der Waals surface area contributed by atoms with Gasteiger partial charge in [0.25, 0.3) is 0 Å². The fraction of sp³-hybridized carbons (Fsp3) is 0.471. The van der Waals surface area contributed by atoms with Gasteiger partial charge in [-0.1, -0.05) is 25.1 Å². The average Bonchev–Trinajstić information content (AvgIpc) is 2.53. The van der Waals surface area contributed by atoms with Gasteiger partial charge in [-0.05, 0) is 18.1 Å². The molecule has 0 fully saturated rings. The molecule has 2 amide bonds. The highest BCUT2D eigenvalue weighted by Gasteiger charge is 2.25. The zero-order chi connectivity index (χ0) is 17.0. The Morgan fingerprint density at radius 3 is 2.70 bits per heavy atom. The summed E-state index contributed by atoms with van der Waals surface area (Å²) in [4.78, 5) is 38.2. The summed E-state index contributed by atoms with van der Waals surface area (Å²) in [5.41, 5.74) is 1.99. The molecule has 6 heteroatoms. The first-order valence-corrected chi connectivity index (χ1v) is 7.75. The number of carboxylic acid groups (broad SMARTS) is 1. The maximum Gasteiger partial charge on any atom is 0.308 e. The number of nitrogens with zero attached hydrogens (tertiary/aromatic N) is 2. The number of hydrogen-bond acceptors (Lipinski definition) is 3. The van der Waals surface area contributed by atoms with E-state index in [-0.39, 0.29) is 24.8 Å². The number of aryl methyl sites for hydroxylation is 1. The van der Waals surface area contributed by atoms with E-state index < -0.39 is 11.9 Å². The van der Waals surface area contributed by atoms with E-state index in [0.717, 1.165) is 17.7 Å². The monoisotopic (exact) mass is 318 g/mol. The summed E-state index contributed by atoms with van der Waals surface area (Å²) >= 11 is 0. The van der Waals surface area contributed by atoms with Gasteiger partial charge in [-0.25, -0.2) is 0 Å². The van der Waals surface area contributed by atoms with Crippen molar-refractivity contribution in [2.45, 2.75) is 26.2 Å². The molecule has 1 atom stereocenters. The topological polar surface area (TPSA) is 77.9 Å². The van der Waals surface area contributed by atoms with Crippen molar-refractivity contribution in [2.24, 2.45) is 5.92 Å². The molecule has 1 N–H and O–H groups in total. The van der Waals surface area contributed by atoms with Crippen molar-refractivity contribution < 1.29 is 19.5 Å². The van der Waals surface area contributed by atoms with Gasteiger partial charge in [0.05, 0.1) is 5.92 Å². The molecule has 0 aliphatic carbocycles. The second-order valence-corrected chi connectivity index (χ2v) is 5.94. The van der Waals surface area contributed by atoms with Crippen LogP contribution in [0.3, 0.4) is 0 Å². The molecule has 23 heavy (non-hydrogen) atoms. The van der Waals surface area contributed by atoms with Crippen LogP contribution in [0.25, 0.3) is 0 Å². The maximum atomic E-state index is 12.2. The van der Waals surface area contributed by atoms with Crippen LogP contribution in [0.1, 0.15) is 25.3 Å². The third-order valence-electron chi connectivity index (χ3n) is 4.14. The number of carboxylic acids is 1. The van der Waals surface area contributed by atoms with E-state index in [2.05, 4.69) is 0 Å². The first-order valence-electron chi connectivity index (χ1n) is 7.75. The Morgan fingerprint density at radius 2 is 2.00 bits per heavy atom. The van der Waals surface area contributed by atoms with Gasteiger partial charge in [0, 0.05) is 38.7 Å². The minimum absolute atomic E-state index is 0.0260. The van der Waals surface area contributed by atoms with Crippen LogP contribution < -0.4 is 4.90 Å². The molecular formula is C17H22N2O4. The number of benzene rings is 1. The van der Waals surface area contributed by atoms with Crippen LogP contribution in [0.15, 0.2) is 24.3 Å². The van der Waals surface area contributed by atoms with Gasteiger partial charge in [-0.3, -0.25) is 14.4 Å². The summed E-state index contributed by atoms with van der Waals surface area (Å²) in [6, 6.07) is 7.72. The zero-order valence-corrected chi connectivity index (χ0v) is 13.5. The number of anilines is 1. The molecule has 1 aromatic rings. The number of fused-ring (bicyclic) bond motifs is 1. The Bertz CT molecular complexity index is 614. The molecule has 1 aliphatic heterocycles. The van der Waals surface area contributed by atoms with Gasteiger partial charge < -0.3 is 14.9 Å². The number of aliphatic carboxylic acids is 1. The minimum atomic E-state index is -0.926. The molecule has 0 aromatic heterocycles. The fourth-order valence-corrected chi connectivity index (χ4v) is 2.73. The predicted octanol–water partition coefficient (Wildman–Crippen LogP) is 1.53. The number of carbonyl (C=O) groups is 3. The Labute approximate surface area is 135 Å². The van der Waals surface area contributed by atoms with Crippen LogP contribution in [0.4, 0.5) is 5.69 Å². The standard InChI is InChI=1S/C17H22N2O4/c1-12(17(22)23)11-18(2)15(20)9-10-19-14-6-4-3-5-13(14)7-8-16(19)21/h3-6,12H,7-11H2,1-2H3,(H,22,23). The fourth-order valence-electron chi connectivity index (χ4n) is 2.73. The van der Waals surface area contributed by atoms with Crippen molar-refractivity contribution in [2.75, 3.05) is 25.0 Å². The van der Waals surface area contributed by atoms with Crippen molar-refractivity contribution in [3.63, 3.8) is 0 Å². The highest BCUT2D eigenvalue weighted by molar-refractivity contribution is 5.97. The molecule has 1 heterocycles. The van der Waals surface area contributed by atoms with Gasteiger partial charge in [-0.2, -0.15) is 0 Å². The molecule has 1 aliphatic rings. The highest BCUT2D eigenvalue weighted by atomic mass is 16.4. The Hall–Kier alpha value is -2.37. The third-order valence-corrected chi connectivity index (χ3v) is 4.14. The Kier molecular flexibility index (Phi) is 5.36. The van der Waals surface area contributed by atoms with Crippen molar-refractivity contribution >= 4 is 23.5 Å². The number of amides is 2. The molecule has 0 bridgehead atoms. The van der Waals surface area contributed by atoms with Gasteiger partial charge in [-0.15, -0.1) is 0 Å². The minimum Gasteiger partial charge on any atom is -0.481 e. The number of carbonyl (C=O) groups excluding carboxylic acids is 2. The van der Waals surface area contributed by atoms with Crippen LogP contribution in [-0.2, 0) is 20.8 Å². The van der Waals surface area contributed by atoms with Crippen LogP contribution >= 0.6 is 0 Å². The highest BCUT2D eigenvalue weighted by Crippen LogP contribution is 2.27. The van der Waals surface area contributed by atoms with Gasteiger partial charge in [0.1, 0.15) is 0 Å². The molecule has 0 saturated carbocycles. The molecule has 6 nitrogen and oxygen atoms in total. The van der Waals surface area contributed by atoms with Gasteiger partial charge >= 0.3 is 5.97 Å². The molecule has 0 saturated heterocycles. The van der Waals surface area contributed by atoms with Gasteiger partial charge in [0.2, 0.25) is 11.8 Å². The van der Waals surface area contributed by atoms with E-state index in [0.29, 0.717) is 13.0 Å². The molecule has 1 aromatic carbocycles. The zero-order valence-electron chi connectivity index (χ0n) is 13.5. The van der Waals surface area contributed by atoms with E-state index in [1.165, 1.54) is 4.90 Å². The number of hydrogen-bond donors (Lipinski definition) is 1. The lowest BCUT2D eigenvalue weighted by atomic mass is 10.0. The van der Waals surface area contributed by atoms with E-state index in [4.69, 9.17) is 5.11 Å². The largest absolute Gasteiger partial charge is 0.481 e. The summed E-state index contributed by atoms with van der Waals surface area (Å²) in [6.45, 7) is 2.05. The number of rotatable bonds is 6. The van der Waals surface area contributed by atoms with Crippen LogP contribution in [0.5, 0.6) is 0 Å². The second kappa shape index (κ2) is 7.26. The van der Waals surface area contributed by atoms with Crippen molar-refractivity contribution in [1.82, 2.24) is 4.90 Å². The summed E-state index contributed by atoms with van der Waals surface area (Å²) in [5, 5.41) is 8.90. The summed E-state index contributed by atoms with van der Waals surface area (Å²) in [6.07, 6.45) is 1.37. The molecule has 0 spiro atoms. The second-order valence-electron chi connectivity index (χ2n) is 5.94. The first kappa shape index (κ1) is 17.0.